The summed E-state index contributed by atoms with van der Waals surface area (Å²) in [6.07, 6.45) is 0. The van der Waals surface area contributed by atoms with Crippen molar-refractivity contribution in [2.45, 2.75) is 13.1 Å². The molecule has 0 radical (unpaired) electrons. The Balaban J connectivity index is 1.93. The van der Waals surface area contributed by atoms with Crippen LogP contribution in [0.4, 0.5) is 4.39 Å². The highest BCUT2D eigenvalue weighted by Gasteiger charge is 2.14. The molecule has 0 aliphatic rings. The topological polar surface area (TPSA) is 60.0 Å². The van der Waals surface area contributed by atoms with Crippen molar-refractivity contribution < 1.29 is 23.4 Å². The van der Waals surface area contributed by atoms with Crippen LogP contribution in [0.5, 0.6) is 17.2 Å². The molecule has 146 valence electrons. The van der Waals surface area contributed by atoms with Crippen LogP contribution in [0.3, 0.4) is 0 Å². The molecule has 6 nitrogen and oxygen atoms in total. The molecule has 0 saturated carbocycles. The van der Waals surface area contributed by atoms with Gasteiger partial charge in [0.05, 0.1) is 27.9 Å². The zero-order chi connectivity index (χ0) is 19.8. The van der Waals surface area contributed by atoms with E-state index in [4.69, 9.17) is 14.2 Å². The molecule has 0 aromatic heterocycles. The molecule has 0 atom stereocenters. The van der Waals surface area contributed by atoms with E-state index in [1.807, 2.05) is 18.0 Å². The number of benzene rings is 2. The van der Waals surface area contributed by atoms with Gasteiger partial charge in [-0.05, 0) is 42.4 Å². The molecule has 0 saturated heterocycles. The van der Waals surface area contributed by atoms with Crippen LogP contribution < -0.4 is 19.5 Å². The number of carbonyl (C=O) groups excluding carboxylic acids is 1. The monoisotopic (exact) mass is 376 g/mol. The second kappa shape index (κ2) is 9.78. The van der Waals surface area contributed by atoms with Crippen molar-refractivity contribution in [3.05, 3.63) is 53.3 Å². The van der Waals surface area contributed by atoms with Gasteiger partial charge in [0.1, 0.15) is 5.82 Å². The van der Waals surface area contributed by atoms with Crippen molar-refractivity contribution in [1.29, 1.82) is 0 Å². The van der Waals surface area contributed by atoms with E-state index in [1.54, 1.807) is 32.4 Å². The van der Waals surface area contributed by atoms with E-state index in [-0.39, 0.29) is 18.3 Å². The summed E-state index contributed by atoms with van der Waals surface area (Å²) in [5.74, 6) is 1.15. The zero-order valence-electron chi connectivity index (χ0n) is 16.0. The molecule has 0 aliphatic carbocycles. The number of carbonyl (C=O) groups is 1. The van der Waals surface area contributed by atoms with Gasteiger partial charge >= 0.3 is 0 Å². The van der Waals surface area contributed by atoms with Crippen LogP contribution in [0.1, 0.15) is 11.1 Å². The van der Waals surface area contributed by atoms with Gasteiger partial charge < -0.3 is 19.5 Å². The lowest BCUT2D eigenvalue weighted by Crippen LogP contribution is -2.34. The Kier molecular flexibility index (Phi) is 7.43. The third-order valence-electron chi connectivity index (χ3n) is 3.97. The Morgan fingerprint density at radius 1 is 1.04 bits per heavy atom. The molecule has 7 heteroatoms. The van der Waals surface area contributed by atoms with Crippen LogP contribution in [-0.4, -0.2) is 45.7 Å². The molecule has 0 heterocycles. The zero-order valence-corrected chi connectivity index (χ0v) is 16.0. The van der Waals surface area contributed by atoms with Crippen LogP contribution >= 0.6 is 0 Å². The smallest absolute Gasteiger partial charge is 0.234 e. The van der Waals surface area contributed by atoms with Gasteiger partial charge in [0.2, 0.25) is 11.7 Å². The number of halogens is 1. The first kappa shape index (κ1) is 20.5. The van der Waals surface area contributed by atoms with Crippen LogP contribution in [-0.2, 0) is 17.9 Å². The van der Waals surface area contributed by atoms with Gasteiger partial charge in [-0.3, -0.25) is 9.69 Å². The SMILES string of the molecule is COc1cc(CNC(=O)CN(C)Cc2cccc(F)c2)cc(OC)c1OC. The maximum Gasteiger partial charge on any atom is 0.234 e. The quantitative estimate of drug-likeness (QED) is 0.729. The highest BCUT2D eigenvalue weighted by molar-refractivity contribution is 5.78. The molecule has 2 aromatic rings. The van der Waals surface area contributed by atoms with Crippen LogP contribution in [0.2, 0.25) is 0 Å². The molecule has 0 aliphatic heterocycles. The summed E-state index contributed by atoms with van der Waals surface area (Å²) in [5, 5.41) is 2.86. The van der Waals surface area contributed by atoms with E-state index in [0.717, 1.165) is 11.1 Å². The molecular weight excluding hydrogens is 351 g/mol. The molecule has 1 N–H and O–H groups in total. The number of hydrogen-bond acceptors (Lipinski definition) is 5. The number of nitrogens with one attached hydrogen (secondary N) is 1. The van der Waals surface area contributed by atoms with Crippen molar-refractivity contribution in [2.75, 3.05) is 34.9 Å². The summed E-state index contributed by atoms with van der Waals surface area (Å²) in [6.45, 7) is 1.000. The summed E-state index contributed by atoms with van der Waals surface area (Å²) in [4.78, 5) is 14.0. The van der Waals surface area contributed by atoms with Gasteiger partial charge in [0, 0.05) is 13.1 Å². The first-order valence-electron chi connectivity index (χ1n) is 8.45. The Morgan fingerprint density at radius 2 is 1.70 bits per heavy atom. The van der Waals surface area contributed by atoms with Crippen molar-refractivity contribution in [1.82, 2.24) is 10.2 Å². The molecule has 27 heavy (non-hydrogen) atoms. The fourth-order valence-electron chi connectivity index (χ4n) is 2.74. The van der Waals surface area contributed by atoms with Crippen LogP contribution in [0, 0.1) is 5.82 Å². The maximum absolute atomic E-state index is 13.2. The highest BCUT2D eigenvalue weighted by Crippen LogP contribution is 2.38. The van der Waals surface area contributed by atoms with Crippen molar-refractivity contribution in [3.63, 3.8) is 0 Å². The Morgan fingerprint density at radius 3 is 2.26 bits per heavy atom. The number of nitrogens with zero attached hydrogens (tertiary/aromatic N) is 1. The molecule has 1 amide bonds. The van der Waals surface area contributed by atoms with Gasteiger partial charge in [0.15, 0.2) is 11.5 Å². The molecule has 0 fully saturated rings. The van der Waals surface area contributed by atoms with Gasteiger partial charge in [-0.1, -0.05) is 12.1 Å². The van der Waals surface area contributed by atoms with E-state index in [1.165, 1.54) is 19.2 Å². The van der Waals surface area contributed by atoms with Crippen molar-refractivity contribution >= 4 is 5.91 Å². The number of hydrogen-bond donors (Lipinski definition) is 1. The first-order valence-corrected chi connectivity index (χ1v) is 8.45. The van der Waals surface area contributed by atoms with Gasteiger partial charge in [-0.25, -0.2) is 4.39 Å². The number of methoxy groups -OCH3 is 3. The minimum Gasteiger partial charge on any atom is -0.493 e. The number of likely N-dealkylation sites (N-methyl/N-ethyl adjacent to an activating group) is 1. The summed E-state index contributed by atoms with van der Waals surface area (Å²) < 4.78 is 29.1. The van der Waals surface area contributed by atoms with E-state index >= 15 is 0 Å². The summed E-state index contributed by atoms with van der Waals surface area (Å²) >= 11 is 0. The van der Waals surface area contributed by atoms with Gasteiger partial charge in [-0.2, -0.15) is 0 Å². The Hall–Kier alpha value is -2.80. The van der Waals surface area contributed by atoms with E-state index in [9.17, 15) is 9.18 Å². The Bertz CT molecular complexity index is 757. The summed E-state index contributed by atoms with van der Waals surface area (Å²) in [5.41, 5.74) is 1.64. The van der Waals surface area contributed by atoms with E-state index < -0.39 is 0 Å². The average molecular weight is 376 g/mol. The average Bonchev–Trinajstić information content (AvgIpc) is 2.65. The third kappa shape index (κ3) is 5.86. The predicted octanol–water partition coefficient (Wildman–Crippen LogP) is 2.60. The second-order valence-electron chi connectivity index (χ2n) is 6.11. The van der Waals surface area contributed by atoms with Gasteiger partial charge in [-0.15, -0.1) is 0 Å². The Labute approximate surface area is 158 Å². The minimum absolute atomic E-state index is 0.136. The lowest BCUT2D eigenvalue weighted by molar-refractivity contribution is -0.122. The van der Waals surface area contributed by atoms with Crippen LogP contribution in [0.25, 0.3) is 0 Å². The lowest BCUT2D eigenvalue weighted by atomic mass is 10.1. The van der Waals surface area contributed by atoms with Crippen molar-refractivity contribution in [2.24, 2.45) is 0 Å². The molecule has 0 bridgehead atoms. The molecule has 2 aromatic carbocycles. The number of amides is 1. The predicted molar refractivity (Wildman–Crippen MR) is 101 cm³/mol. The fraction of sp³-hybridized carbons (Fsp3) is 0.350. The highest BCUT2D eigenvalue weighted by atomic mass is 19.1. The molecule has 2 rings (SSSR count). The van der Waals surface area contributed by atoms with E-state index in [0.29, 0.717) is 30.3 Å². The summed E-state index contributed by atoms with van der Waals surface area (Å²) in [7, 11) is 6.43. The number of rotatable bonds is 9. The maximum atomic E-state index is 13.2. The standard InChI is InChI=1S/C20H25FN2O4/c1-23(12-14-6-5-7-16(21)8-14)13-19(24)22-11-15-9-17(25-2)20(27-4)18(10-15)26-3/h5-10H,11-13H2,1-4H3,(H,22,24). The number of ether oxygens (including phenoxy) is 3. The first-order chi connectivity index (χ1) is 13.0. The molecule has 0 unspecified atom stereocenters. The normalized spacial score (nSPS) is 10.6. The fourth-order valence-corrected chi connectivity index (χ4v) is 2.74. The van der Waals surface area contributed by atoms with E-state index in [2.05, 4.69) is 5.32 Å². The summed E-state index contributed by atoms with van der Waals surface area (Å²) in [6, 6.07) is 9.92. The largest absolute Gasteiger partial charge is 0.493 e. The molecule has 0 spiro atoms. The minimum atomic E-state index is -0.284. The second-order valence-corrected chi connectivity index (χ2v) is 6.11. The van der Waals surface area contributed by atoms with Crippen LogP contribution in [0.15, 0.2) is 36.4 Å². The van der Waals surface area contributed by atoms with Crippen molar-refractivity contribution in [3.8, 4) is 17.2 Å². The molecular formula is C20H25FN2O4. The third-order valence-corrected chi connectivity index (χ3v) is 3.97. The van der Waals surface area contributed by atoms with Gasteiger partial charge in [0.25, 0.3) is 0 Å². The lowest BCUT2D eigenvalue weighted by Gasteiger charge is -2.17.